The maximum atomic E-state index is 12.4. The lowest BCUT2D eigenvalue weighted by Crippen LogP contribution is -2.30. The van der Waals surface area contributed by atoms with E-state index >= 15 is 0 Å². The first-order valence-corrected chi connectivity index (χ1v) is 9.97. The Morgan fingerprint density at radius 2 is 1.82 bits per heavy atom. The normalized spacial score (nSPS) is 11.3. The molecule has 2 N–H and O–H groups in total. The third-order valence-corrected chi connectivity index (χ3v) is 5.21. The molecule has 0 fully saturated rings. The van der Waals surface area contributed by atoms with Crippen molar-refractivity contribution in [3.8, 4) is 5.75 Å². The number of nitro benzene ring substituents is 1. The number of carbonyl (C=O) groups excluding carboxylic acids is 1. The Bertz CT molecular complexity index is 971. The maximum absolute atomic E-state index is 12.4. The first-order valence-electron chi connectivity index (χ1n) is 8.49. The molecule has 0 aliphatic carbocycles. The molecule has 2 aromatic carbocycles. The van der Waals surface area contributed by atoms with Gasteiger partial charge in [0.1, 0.15) is 0 Å². The van der Waals surface area contributed by atoms with Crippen LogP contribution in [0.5, 0.6) is 5.75 Å². The van der Waals surface area contributed by atoms with Gasteiger partial charge in [-0.1, -0.05) is 0 Å². The third-order valence-electron chi connectivity index (χ3n) is 3.53. The summed E-state index contributed by atoms with van der Waals surface area (Å²) < 4.78 is 31.9. The fraction of sp³-hybridized carbons (Fsp3) is 0.278. The molecular weight excluding hydrogens is 386 g/mol. The van der Waals surface area contributed by atoms with Gasteiger partial charge in [-0.15, -0.1) is 0 Å². The third kappa shape index (κ3) is 5.27. The Kier molecular flexibility index (Phi) is 6.71. The molecule has 0 radical (unpaired) electrons. The van der Waals surface area contributed by atoms with Crippen LogP contribution in [-0.4, -0.2) is 31.9 Å². The van der Waals surface area contributed by atoms with Crippen LogP contribution < -0.4 is 14.8 Å². The lowest BCUT2D eigenvalue weighted by molar-refractivity contribution is -0.385. The van der Waals surface area contributed by atoms with Gasteiger partial charge < -0.3 is 10.1 Å². The predicted octanol–water partition coefficient (Wildman–Crippen LogP) is 2.93. The largest absolute Gasteiger partial charge is 0.487 e. The van der Waals surface area contributed by atoms with Crippen LogP contribution >= 0.6 is 0 Å². The molecule has 0 unspecified atom stereocenters. The predicted molar refractivity (Wildman–Crippen MR) is 104 cm³/mol. The van der Waals surface area contributed by atoms with Gasteiger partial charge in [-0.05, 0) is 57.2 Å². The molecule has 0 bridgehead atoms. The number of nitrogens with zero attached hydrogens (tertiary/aromatic N) is 1. The molecule has 0 saturated heterocycles. The van der Waals surface area contributed by atoms with Crippen molar-refractivity contribution in [3.63, 3.8) is 0 Å². The van der Waals surface area contributed by atoms with Crippen LogP contribution in [0.3, 0.4) is 0 Å². The minimum atomic E-state index is -3.63. The highest BCUT2D eigenvalue weighted by atomic mass is 32.2. The van der Waals surface area contributed by atoms with E-state index in [4.69, 9.17) is 4.74 Å². The number of rotatable bonds is 8. The molecule has 0 saturated carbocycles. The van der Waals surface area contributed by atoms with Crippen LogP contribution in [-0.2, 0) is 10.0 Å². The number of benzene rings is 2. The second kappa shape index (κ2) is 8.81. The summed E-state index contributed by atoms with van der Waals surface area (Å²) in [5.41, 5.74) is 0.120. The van der Waals surface area contributed by atoms with E-state index in [0.29, 0.717) is 5.69 Å². The summed E-state index contributed by atoms with van der Waals surface area (Å²) >= 11 is 0. The molecule has 0 heterocycles. The number of amides is 1. The standard InChI is InChI=1S/C18H21N3O6S/c1-4-27-17-10-5-13(11-16(17)21(23)24)18(22)19-14-6-8-15(9-7-14)28(25,26)20-12(2)3/h5-12,20H,4H2,1-3H3,(H,19,22). The first-order chi connectivity index (χ1) is 13.1. The van der Waals surface area contributed by atoms with Crippen LogP contribution in [0.1, 0.15) is 31.1 Å². The SMILES string of the molecule is CCOc1ccc(C(=O)Nc2ccc(S(=O)(=O)NC(C)C)cc2)cc1[N+](=O)[O-]. The monoisotopic (exact) mass is 407 g/mol. The van der Waals surface area contributed by atoms with E-state index in [0.717, 1.165) is 6.07 Å². The Morgan fingerprint density at radius 1 is 1.18 bits per heavy atom. The van der Waals surface area contributed by atoms with Gasteiger partial charge in [0.05, 0.1) is 16.4 Å². The molecule has 0 aliphatic rings. The zero-order chi connectivity index (χ0) is 20.9. The first kappa shape index (κ1) is 21.3. The van der Waals surface area contributed by atoms with Crippen molar-refractivity contribution in [3.05, 3.63) is 58.1 Å². The van der Waals surface area contributed by atoms with Crippen LogP contribution in [0, 0.1) is 10.1 Å². The van der Waals surface area contributed by atoms with Gasteiger partial charge in [-0.2, -0.15) is 0 Å². The number of hydrogen-bond acceptors (Lipinski definition) is 6. The highest BCUT2D eigenvalue weighted by molar-refractivity contribution is 7.89. The summed E-state index contributed by atoms with van der Waals surface area (Å²) in [5, 5.41) is 13.7. The average molecular weight is 407 g/mol. The maximum Gasteiger partial charge on any atom is 0.311 e. The summed E-state index contributed by atoms with van der Waals surface area (Å²) in [6.07, 6.45) is 0. The van der Waals surface area contributed by atoms with Crippen molar-refractivity contribution in [1.29, 1.82) is 0 Å². The summed E-state index contributed by atoms with van der Waals surface area (Å²) in [6, 6.07) is 9.27. The van der Waals surface area contributed by atoms with Gasteiger partial charge in [0.25, 0.3) is 5.91 Å². The summed E-state index contributed by atoms with van der Waals surface area (Å²) in [6.45, 7) is 5.38. The Balaban J connectivity index is 2.19. The number of nitro groups is 1. The van der Waals surface area contributed by atoms with E-state index in [2.05, 4.69) is 10.0 Å². The van der Waals surface area contributed by atoms with E-state index in [1.165, 1.54) is 36.4 Å². The molecule has 0 aromatic heterocycles. The highest BCUT2D eigenvalue weighted by Crippen LogP contribution is 2.28. The Labute approximate surface area is 162 Å². The van der Waals surface area contributed by atoms with Crippen LogP contribution in [0.15, 0.2) is 47.4 Å². The van der Waals surface area contributed by atoms with Crippen LogP contribution in [0.4, 0.5) is 11.4 Å². The summed E-state index contributed by atoms with van der Waals surface area (Å²) in [7, 11) is -3.63. The molecule has 2 aromatic rings. The average Bonchev–Trinajstić information content (AvgIpc) is 2.61. The Hall–Kier alpha value is -2.98. The molecule has 1 amide bonds. The molecule has 0 atom stereocenters. The number of nitrogens with one attached hydrogen (secondary N) is 2. The van der Waals surface area contributed by atoms with Crippen LogP contribution in [0.2, 0.25) is 0 Å². The van der Waals surface area contributed by atoms with E-state index < -0.39 is 20.9 Å². The van der Waals surface area contributed by atoms with Gasteiger partial charge in [-0.25, -0.2) is 13.1 Å². The van der Waals surface area contributed by atoms with E-state index in [1.54, 1.807) is 20.8 Å². The minimum absolute atomic E-state index is 0.0657. The summed E-state index contributed by atoms with van der Waals surface area (Å²) in [5.74, 6) is -0.488. The minimum Gasteiger partial charge on any atom is -0.487 e. The molecule has 28 heavy (non-hydrogen) atoms. The van der Waals surface area contributed by atoms with Gasteiger partial charge in [0, 0.05) is 23.4 Å². The van der Waals surface area contributed by atoms with E-state index in [-0.39, 0.29) is 34.5 Å². The second-order valence-electron chi connectivity index (χ2n) is 6.13. The van der Waals surface area contributed by atoms with Crippen molar-refractivity contribution >= 4 is 27.3 Å². The second-order valence-corrected chi connectivity index (χ2v) is 7.84. The zero-order valence-electron chi connectivity index (χ0n) is 15.6. The zero-order valence-corrected chi connectivity index (χ0v) is 16.4. The van der Waals surface area contributed by atoms with Crippen molar-refractivity contribution in [2.45, 2.75) is 31.7 Å². The molecule has 150 valence electrons. The number of hydrogen-bond donors (Lipinski definition) is 2. The van der Waals surface area contributed by atoms with E-state index in [1.807, 2.05) is 0 Å². The Morgan fingerprint density at radius 3 is 2.36 bits per heavy atom. The van der Waals surface area contributed by atoms with E-state index in [9.17, 15) is 23.3 Å². The van der Waals surface area contributed by atoms with Crippen molar-refractivity contribution < 1.29 is 22.9 Å². The lowest BCUT2D eigenvalue weighted by Gasteiger charge is -2.11. The van der Waals surface area contributed by atoms with Crippen molar-refractivity contribution in [2.75, 3.05) is 11.9 Å². The smallest absolute Gasteiger partial charge is 0.311 e. The summed E-state index contributed by atoms with van der Waals surface area (Å²) in [4.78, 5) is 23.0. The topological polar surface area (TPSA) is 128 Å². The van der Waals surface area contributed by atoms with Gasteiger partial charge in [0.15, 0.2) is 5.75 Å². The van der Waals surface area contributed by atoms with Crippen molar-refractivity contribution in [2.24, 2.45) is 0 Å². The fourth-order valence-electron chi connectivity index (χ4n) is 2.38. The molecule has 0 spiro atoms. The highest BCUT2D eigenvalue weighted by Gasteiger charge is 2.19. The molecule has 0 aliphatic heterocycles. The number of ether oxygens (including phenoxy) is 1. The van der Waals surface area contributed by atoms with Gasteiger partial charge >= 0.3 is 5.69 Å². The molecule has 10 heteroatoms. The van der Waals surface area contributed by atoms with Gasteiger partial charge in [-0.3, -0.25) is 14.9 Å². The van der Waals surface area contributed by atoms with Crippen LogP contribution in [0.25, 0.3) is 0 Å². The molecule has 2 rings (SSSR count). The number of sulfonamides is 1. The van der Waals surface area contributed by atoms with Crippen molar-refractivity contribution in [1.82, 2.24) is 4.72 Å². The lowest BCUT2D eigenvalue weighted by atomic mass is 10.1. The van der Waals surface area contributed by atoms with Gasteiger partial charge in [0.2, 0.25) is 10.0 Å². The molecule has 9 nitrogen and oxygen atoms in total. The fourth-order valence-corrected chi connectivity index (χ4v) is 3.63. The molecular formula is C18H21N3O6S. The number of carbonyl (C=O) groups is 1. The quantitative estimate of drug-likeness (QED) is 0.511. The number of anilines is 1.